The first-order valence-electron chi connectivity index (χ1n) is 12.5. The quantitative estimate of drug-likeness (QED) is 0.214. The van der Waals surface area contributed by atoms with Crippen molar-refractivity contribution in [1.82, 2.24) is 4.90 Å². The average Bonchev–Trinajstić information content (AvgIpc) is 3.46. The van der Waals surface area contributed by atoms with Crippen molar-refractivity contribution >= 4 is 40.6 Å². The first kappa shape index (κ1) is 27.0. The number of hydrogen-bond donors (Lipinski definition) is 0. The van der Waals surface area contributed by atoms with Crippen LogP contribution in [0.3, 0.4) is 0 Å². The number of imide groups is 1. The number of halogens is 1. The first-order chi connectivity index (χ1) is 18.7. The van der Waals surface area contributed by atoms with Crippen molar-refractivity contribution < 1.29 is 28.5 Å². The molecule has 0 aliphatic carbocycles. The largest absolute Gasteiger partial charge is 0.490 e. The van der Waals surface area contributed by atoms with Gasteiger partial charge in [0.05, 0.1) is 11.4 Å². The zero-order chi connectivity index (χ0) is 27.6. The number of fused-ring (bicyclic) bond motifs is 1. The molecule has 0 aromatic heterocycles. The van der Waals surface area contributed by atoms with Crippen molar-refractivity contribution in [1.29, 1.82) is 0 Å². The van der Waals surface area contributed by atoms with Gasteiger partial charge in [-0.25, -0.2) is 0 Å². The smallest absolute Gasteiger partial charge is 0.293 e. The topological polar surface area (TPSA) is 74.3 Å². The lowest BCUT2D eigenvalue weighted by atomic mass is 9.87. The molecule has 9 heteroatoms. The van der Waals surface area contributed by atoms with Gasteiger partial charge in [-0.15, -0.1) is 0 Å². The van der Waals surface area contributed by atoms with E-state index in [1.165, 1.54) is 10.5 Å². The minimum Gasteiger partial charge on any atom is -0.490 e. The van der Waals surface area contributed by atoms with E-state index < -0.39 is 0 Å². The van der Waals surface area contributed by atoms with Gasteiger partial charge in [0.1, 0.15) is 24.7 Å². The summed E-state index contributed by atoms with van der Waals surface area (Å²) < 4.78 is 22.3. The Hall–Kier alpha value is -3.62. The highest BCUT2D eigenvalue weighted by Gasteiger charge is 2.35. The number of rotatable bonds is 8. The van der Waals surface area contributed by atoms with Gasteiger partial charge in [0.2, 0.25) is 6.79 Å². The molecule has 39 heavy (non-hydrogen) atoms. The Labute approximate surface area is 236 Å². The van der Waals surface area contributed by atoms with E-state index in [2.05, 4.69) is 32.9 Å². The number of ether oxygens (including phenoxy) is 4. The molecule has 0 radical (unpaired) electrons. The summed E-state index contributed by atoms with van der Waals surface area (Å²) in [6, 6.07) is 18.8. The SMILES string of the molecule is CC(C)(C)c1ccc(OCCOc2ccc(/C=C3\SC(=O)N(Cc4cc5c(cc4Cl)OCO5)C3=O)cc2)cc1. The van der Waals surface area contributed by atoms with Crippen LogP contribution >= 0.6 is 23.4 Å². The third-order valence-electron chi connectivity index (χ3n) is 6.26. The summed E-state index contributed by atoms with van der Waals surface area (Å²) in [4.78, 5) is 27.1. The maximum Gasteiger partial charge on any atom is 0.293 e. The second-order valence-electron chi connectivity index (χ2n) is 10.1. The number of benzene rings is 3. The van der Waals surface area contributed by atoms with Gasteiger partial charge in [0.15, 0.2) is 11.5 Å². The van der Waals surface area contributed by atoms with Gasteiger partial charge in [-0.05, 0) is 70.3 Å². The van der Waals surface area contributed by atoms with Gasteiger partial charge >= 0.3 is 0 Å². The summed E-state index contributed by atoms with van der Waals surface area (Å²) in [5.41, 5.74) is 2.75. The molecule has 5 rings (SSSR count). The minimum atomic E-state index is -0.369. The molecule has 0 saturated carbocycles. The number of amides is 2. The average molecular weight is 566 g/mol. The van der Waals surface area contributed by atoms with Crippen LogP contribution in [0.1, 0.15) is 37.5 Å². The van der Waals surface area contributed by atoms with Crippen LogP contribution in [-0.4, -0.2) is 36.1 Å². The van der Waals surface area contributed by atoms with E-state index in [0.717, 1.165) is 23.1 Å². The lowest BCUT2D eigenvalue weighted by Crippen LogP contribution is -2.27. The van der Waals surface area contributed by atoms with Crippen LogP contribution in [-0.2, 0) is 16.8 Å². The number of thioether (sulfide) groups is 1. The highest BCUT2D eigenvalue weighted by atomic mass is 35.5. The number of hydrogen-bond acceptors (Lipinski definition) is 7. The molecule has 2 aliphatic heterocycles. The second-order valence-corrected chi connectivity index (χ2v) is 11.5. The molecule has 0 unspecified atom stereocenters. The second kappa shape index (κ2) is 11.2. The van der Waals surface area contributed by atoms with E-state index in [1.807, 2.05) is 36.4 Å². The Kier molecular flexibility index (Phi) is 7.77. The number of carbonyl (C=O) groups excluding carboxylic acids is 2. The Balaban J connectivity index is 1.14. The van der Waals surface area contributed by atoms with Gasteiger partial charge in [0, 0.05) is 11.1 Å². The van der Waals surface area contributed by atoms with Crippen LogP contribution in [0.4, 0.5) is 4.79 Å². The zero-order valence-electron chi connectivity index (χ0n) is 21.9. The van der Waals surface area contributed by atoms with Crippen molar-refractivity contribution in [2.24, 2.45) is 0 Å². The fraction of sp³-hybridized carbons (Fsp3) is 0.267. The monoisotopic (exact) mass is 565 g/mol. The molecular formula is C30H28ClNO6S. The van der Waals surface area contributed by atoms with Gasteiger partial charge < -0.3 is 18.9 Å². The van der Waals surface area contributed by atoms with Crippen LogP contribution < -0.4 is 18.9 Å². The normalized spacial score (nSPS) is 15.8. The molecule has 7 nitrogen and oxygen atoms in total. The molecule has 1 saturated heterocycles. The zero-order valence-corrected chi connectivity index (χ0v) is 23.4. The third kappa shape index (κ3) is 6.34. The van der Waals surface area contributed by atoms with E-state index >= 15 is 0 Å². The van der Waals surface area contributed by atoms with Crippen LogP contribution in [0.5, 0.6) is 23.0 Å². The Morgan fingerprint density at radius 2 is 1.51 bits per heavy atom. The standard InChI is InChI=1S/C30H28ClNO6S/c1-30(2,3)21-6-10-23(11-7-21)36-13-12-35-22-8-4-19(5-9-22)14-27-28(33)32(29(34)39-27)17-20-15-25-26(16-24(20)31)38-18-37-25/h4-11,14-16H,12-13,17-18H2,1-3H3/b27-14-. The van der Waals surface area contributed by atoms with Crippen molar-refractivity contribution in [3.8, 4) is 23.0 Å². The predicted octanol–water partition coefficient (Wildman–Crippen LogP) is 7.06. The summed E-state index contributed by atoms with van der Waals surface area (Å²) in [6.45, 7) is 7.50. The van der Waals surface area contributed by atoms with Crippen LogP contribution in [0.2, 0.25) is 5.02 Å². The van der Waals surface area contributed by atoms with Crippen LogP contribution in [0, 0.1) is 0 Å². The highest BCUT2D eigenvalue weighted by molar-refractivity contribution is 8.18. The molecule has 1 fully saturated rings. The maximum absolute atomic E-state index is 13.0. The molecular weight excluding hydrogens is 538 g/mol. The molecule has 0 bridgehead atoms. The van der Waals surface area contributed by atoms with E-state index in [0.29, 0.717) is 46.0 Å². The van der Waals surface area contributed by atoms with E-state index in [9.17, 15) is 9.59 Å². The van der Waals surface area contributed by atoms with Crippen LogP contribution in [0.15, 0.2) is 65.6 Å². The first-order valence-corrected chi connectivity index (χ1v) is 13.7. The molecule has 2 amide bonds. The lowest BCUT2D eigenvalue weighted by molar-refractivity contribution is -0.123. The van der Waals surface area contributed by atoms with Crippen molar-refractivity contribution in [2.75, 3.05) is 20.0 Å². The fourth-order valence-electron chi connectivity index (χ4n) is 4.07. The molecule has 2 aliphatic rings. The maximum atomic E-state index is 13.0. The number of nitrogens with zero attached hydrogens (tertiary/aromatic N) is 1. The third-order valence-corrected chi connectivity index (χ3v) is 7.52. The van der Waals surface area contributed by atoms with Crippen molar-refractivity contribution in [3.63, 3.8) is 0 Å². The summed E-state index contributed by atoms with van der Waals surface area (Å²) in [7, 11) is 0. The van der Waals surface area contributed by atoms with Crippen LogP contribution in [0.25, 0.3) is 6.08 Å². The van der Waals surface area contributed by atoms with Crippen molar-refractivity contribution in [2.45, 2.75) is 32.7 Å². The van der Waals surface area contributed by atoms with E-state index in [4.69, 9.17) is 30.5 Å². The Morgan fingerprint density at radius 3 is 2.13 bits per heavy atom. The molecule has 202 valence electrons. The lowest BCUT2D eigenvalue weighted by Gasteiger charge is -2.19. The number of carbonyl (C=O) groups is 2. The molecule has 2 heterocycles. The predicted molar refractivity (Wildman–Crippen MR) is 152 cm³/mol. The van der Waals surface area contributed by atoms with E-state index in [-0.39, 0.29) is 29.9 Å². The Bertz CT molecular complexity index is 1410. The molecule has 0 N–H and O–H groups in total. The molecule has 0 atom stereocenters. The fourth-order valence-corrected chi connectivity index (χ4v) is 5.12. The minimum absolute atomic E-state index is 0.0487. The highest BCUT2D eigenvalue weighted by Crippen LogP contribution is 2.39. The van der Waals surface area contributed by atoms with Gasteiger partial charge in [-0.3, -0.25) is 14.5 Å². The van der Waals surface area contributed by atoms with Crippen molar-refractivity contribution in [3.05, 3.63) is 87.3 Å². The van der Waals surface area contributed by atoms with E-state index in [1.54, 1.807) is 18.2 Å². The molecule has 0 spiro atoms. The molecule has 3 aromatic rings. The molecule has 3 aromatic carbocycles. The summed E-state index contributed by atoms with van der Waals surface area (Å²) in [5, 5.41) is 0.0506. The Morgan fingerprint density at radius 1 is 0.923 bits per heavy atom. The van der Waals surface area contributed by atoms with Gasteiger partial charge in [-0.1, -0.05) is 56.6 Å². The summed E-state index contributed by atoms with van der Waals surface area (Å²) >= 11 is 7.23. The summed E-state index contributed by atoms with van der Waals surface area (Å²) in [5.74, 6) is 2.21. The van der Waals surface area contributed by atoms with Gasteiger partial charge in [0.25, 0.3) is 11.1 Å². The summed E-state index contributed by atoms with van der Waals surface area (Å²) in [6.07, 6.45) is 1.69. The van der Waals surface area contributed by atoms with Gasteiger partial charge in [-0.2, -0.15) is 0 Å².